The number of carbonyl (C=O) groups excluding carboxylic acids is 2. The summed E-state index contributed by atoms with van der Waals surface area (Å²) in [5.41, 5.74) is 2.15. The highest BCUT2D eigenvalue weighted by molar-refractivity contribution is 6.21. The lowest BCUT2D eigenvalue weighted by molar-refractivity contribution is -0.928. The minimum absolute atomic E-state index is 0.106. The molecule has 7 nitrogen and oxygen atoms in total. The Kier molecular flexibility index (Phi) is 5.43. The largest absolute Gasteiger partial charge is 0.514 e. The maximum atomic E-state index is 12.8. The molecular weight excluding hydrogens is 408 g/mol. The van der Waals surface area contributed by atoms with Gasteiger partial charge in [0, 0.05) is 12.8 Å². The molecule has 3 amide bonds. The number of quaternary nitrogens is 1. The first-order chi connectivity index (χ1) is 15.1. The average molecular weight is 438 g/mol. The third-order valence-corrected chi connectivity index (χ3v) is 6.96. The number of amides is 3. The Morgan fingerprint density at radius 1 is 1.00 bits per heavy atom. The van der Waals surface area contributed by atoms with Crippen LogP contribution >= 0.6 is 0 Å². The van der Waals surface area contributed by atoms with Gasteiger partial charge < -0.3 is 10.2 Å². The van der Waals surface area contributed by atoms with Crippen molar-refractivity contribution in [3.8, 4) is 0 Å². The summed E-state index contributed by atoms with van der Waals surface area (Å²) in [5, 5.41) is 21.5. The number of rotatable bonds is 5. The van der Waals surface area contributed by atoms with Gasteiger partial charge in [0.2, 0.25) is 0 Å². The second kappa shape index (κ2) is 7.83. The van der Waals surface area contributed by atoms with Gasteiger partial charge >= 0.3 is 6.09 Å². The molecule has 0 fully saturated rings. The van der Waals surface area contributed by atoms with Gasteiger partial charge in [-0.05, 0) is 44.0 Å². The predicted octanol–water partition coefficient (Wildman–Crippen LogP) is 3.10. The van der Waals surface area contributed by atoms with Gasteiger partial charge in [0.05, 0.1) is 17.7 Å². The van der Waals surface area contributed by atoms with Crippen LogP contribution in [0.25, 0.3) is 0 Å². The molecule has 7 heteroatoms. The van der Waals surface area contributed by atoms with E-state index in [1.807, 2.05) is 45.0 Å². The highest BCUT2D eigenvalue weighted by Crippen LogP contribution is 2.38. The molecule has 0 saturated heterocycles. The number of benzene rings is 2. The Hall–Kier alpha value is -3.03. The Labute approximate surface area is 187 Å². The molecule has 0 spiro atoms. The van der Waals surface area contributed by atoms with Crippen molar-refractivity contribution >= 4 is 17.9 Å². The van der Waals surface area contributed by atoms with Crippen LogP contribution < -0.4 is 0 Å². The molecule has 2 atom stereocenters. The number of aliphatic hydroxyl groups is 1. The fourth-order valence-corrected chi connectivity index (χ4v) is 5.35. The molecule has 0 saturated carbocycles. The zero-order valence-corrected chi connectivity index (χ0v) is 18.6. The van der Waals surface area contributed by atoms with Crippen molar-refractivity contribution in [2.75, 3.05) is 13.1 Å². The summed E-state index contributed by atoms with van der Waals surface area (Å²) in [6.45, 7) is 5.23. The number of hydrogen-bond acceptors (Lipinski definition) is 4. The third kappa shape index (κ3) is 3.42. The highest BCUT2D eigenvalue weighted by Gasteiger charge is 2.56. The molecule has 2 aromatic carbocycles. The van der Waals surface area contributed by atoms with Crippen molar-refractivity contribution < 1.29 is 29.1 Å². The number of fused-ring (bicyclic) bond motifs is 2. The Balaban J connectivity index is 1.61. The molecule has 32 heavy (non-hydrogen) atoms. The lowest BCUT2D eigenvalue weighted by Crippen LogP contribution is -2.71. The zero-order valence-electron chi connectivity index (χ0n) is 18.6. The van der Waals surface area contributed by atoms with Crippen molar-refractivity contribution in [2.24, 2.45) is 0 Å². The van der Waals surface area contributed by atoms with E-state index in [0.29, 0.717) is 24.0 Å². The van der Waals surface area contributed by atoms with Gasteiger partial charge in [-0.25, -0.2) is 4.48 Å². The average Bonchev–Trinajstić information content (AvgIpc) is 3.26. The number of carboxylic acid groups (broad SMARTS) is 1. The topological polar surface area (TPSA) is 94.9 Å². The second-order valence-electron chi connectivity index (χ2n) is 9.76. The van der Waals surface area contributed by atoms with E-state index in [-0.39, 0.29) is 23.6 Å². The van der Waals surface area contributed by atoms with E-state index in [9.17, 15) is 24.6 Å². The van der Waals surface area contributed by atoms with Gasteiger partial charge in [-0.15, -0.1) is 0 Å². The molecule has 1 heterocycles. The van der Waals surface area contributed by atoms with Crippen LogP contribution in [0.2, 0.25) is 0 Å². The van der Waals surface area contributed by atoms with Gasteiger partial charge in [-0.3, -0.25) is 14.5 Å². The van der Waals surface area contributed by atoms with Crippen LogP contribution in [0, 0.1) is 0 Å². The van der Waals surface area contributed by atoms with E-state index >= 15 is 0 Å². The highest BCUT2D eigenvalue weighted by atomic mass is 16.4. The molecule has 4 rings (SSSR count). The lowest BCUT2D eigenvalue weighted by atomic mass is 9.94. The number of aliphatic hydroxyl groups excluding tert-OH is 1. The zero-order chi connectivity index (χ0) is 23.3. The van der Waals surface area contributed by atoms with Crippen molar-refractivity contribution in [2.45, 2.75) is 51.3 Å². The number of nitrogens with zero attached hydrogens (tertiary/aromatic N) is 2. The fourth-order valence-electron chi connectivity index (χ4n) is 5.35. The second-order valence-corrected chi connectivity index (χ2v) is 9.76. The van der Waals surface area contributed by atoms with Crippen LogP contribution in [0.1, 0.15) is 52.6 Å². The first-order valence-corrected chi connectivity index (χ1v) is 10.9. The Morgan fingerprint density at radius 2 is 1.47 bits per heavy atom. The molecule has 2 N–H and O–H groups in total. The number of imide groups is 1. The van der Waals surface area contributed by atoms with Gasteiger partial charge in [-0.1, -0.05) is 36.4 Å². The maximum absolute atomic E-state index is 12.8. The lowest BCUT2D eigenvalue weighted by Gasteiger charge is -2.48. The van der Waals surface area contributed by atoms with E-state index in [2.05, 4.69) is 0 Å². The van der Waals surface area contributed by atoms with Crippen LogP contribution in [0.4, 0.5) is 4.79 Å². The molecule has 0 radical (unpaired) electrons. The van der Waals surface area contributed by atoms with Crippen molar-refractivity contribution in [3.05, 3.63) is 70.8 Å². The number of β-amino-alcohol motifs (C(OH)–C–C–N with tert-alkyl or cyclic N) is 1. The van der Waals surface area contributed by atoms with E-state index < -0.39 is 29.6 Å². The number of hydrogen-bond donors (Lipinski definition) is 2. The molecule has 168 valence electrons. The number of carbonyl (C=O) groups is 3. The summed E-state index contributed by atoms with van der Waals surface area (Å²) < 4.78 is -0.355. The van der Waals surface area contributed by atoms with Crippen molar-refractivity contribution in [1.82, 2.24) is 4.90 Å². The molecule has 0 aromatic heterocycles. The monoisotopic (exact) mass is 437 g/mol. The van der Waals surface area contributed by atoms with Crippen molar-refractivity contribution in [1.29, 1.82) is 0 Å². The third-order valence-electron chi connectivity index (χ3n) is 6.96. The standard InChI is InChI=1S/C25H28N2O5/c1-25(2,3)27(24(31)32,18-12-16-8-4-5-9-17(16)13-18)15-19(28)14-26-22(29)20-10-6-7-11-21(20)23(26)30/h4-11,18-19,28H,12-15H2,1-3H3/p+1/t19?,27-/m0/s1. The molecular formula is C25H29N2O5+. The summed E-state index contributed by atoms with van der Waals surface area (Å²) in [6.07, 6.45) is -1.01. The van der Waals surface area contributed by atoms with E-state index in [0.717, 1.165) is 16.0 Å². The van der Waals surface area contributed by atoms with Crippen LogP contribution in [0.3, 0.4) is 0 Å². The minimum atomic E-state index is -1.18. The van der Waals surface area contributed by atoms with E-state index in [4.69, 9.17) is 0 Å². The summed E-state index contributed by atoms with van der Waals surface area (Å²) in [5.74, 6) is -0.913. The van der Waals surface area contributed by atoms with Crippen LogP contribution in [-0.4, -0.2) is 68.3 Å². The van der Waals surface area contributed by atoms with Gasteiger partial charge in [0.25, 0.3) is 11.8 Å². The van der Waals surface area contributed by atoms with Crippen LogP contribution in [-0.2, 0) is 12.8 Å². The first kappa shape index (κ1) is 22.2. The maximum Gasteiger partial charge on any atom is 0.514 e. The summed E-state index contributed by atoms with van der Waals surface area (Å²) in [6, 6.07) is 14.2. The van der Waals surface area contributed by atoms with Gasteiger partial charge in [0.15, 0.2) is 0 Å². The fraction of sp³-hybridized carbons (Fsp3) is 0.400. The van der Waals surface area contributed by atoms with Gasteiger partial charge in [0.1, 0.15) is 24.2 Å². The Bertz CT molecular complexity index is 1030. The normalized spacial score (nSPS) is 18.9. The van der Waals surface area contributed by atoms with Crippen LogP contribution in [0.15, 0.2) is 48.5 Å². The molecule has 2 aliphatic rings. The molecule has 1 aliphatic carbocycles. The minimum Gasteiger partial charge on any atom is -0.435 e. The SMILES string of the molecule is CC(C)(C)[N@+](CC(O)CN1C(=O)c2ccccc2C1=O)(C(=O)O)C1Cc2ccccc2C1. The summed E-state index contributed by atoms with van der Waals surface area (Å²) in [7, 11) is 0. The van der Waals surface area contributed by atoms with E-state index in [1.54, 1.807) is 24.3 Å². The van der Waals surface area contributed by atoms with Crippen molar-refractivity contribution in [3.63, 3.8) is 0 Å². The molecule has 2 aromatic rings. The molecule has 1 aliphatic heterocycles. The summed E-state index contributed by atoms with van der Waals surface area (Å²) in [4.78, 5) is 39.3. The smallest absolute Gasteiger partial charge is 0.435 e. The predicted molar refractivity (Wildman–Crippen MR) is 118 cm³/mol. The van der Waals surface area contributed by atoms with Crippen LogP contribution in [0.5, 0.6) is 0 Å². The molecule has 1 unspecified atom stereocenters. The quantitative estimate of drug-likeness (QED) is 0.554. The van der Waals surface area contributed by atoms with E-state index in [1.165, 1.54) is 0 Å². The molecule has 0 bridgehead atoms. The first-order valence-electron chi connectivity index (χ1n) is 10.9. The summed E-state index contributed by atoms with van der Waals surface area (Å²) >= 11 is 0. The van der Waals surface area contributed by atoms with Gasteiger partial charge in [-0.2, -0.15) is 4.79 Å². The Morgan fingerprint density at radius 3 is 1.91 bits per heavy atom.